The van der Waals surface area contributed by atoms with Crippen molar-refractivity contribution in [1.82, 2.24) is 4.98 Å². The van der Waals surface area contributed by atoms with Crippen LogP contribution in [-0.4, -0.2) is 10.6 Å². The number of aromatic nitrogens is 1. The second kappa shape index (κ2) is 3.58. The molecule has 0 amide bonds. The summed E-state index contributed by atoms with van der Waals surface area (Å²) in [4.78, 5) is 14.4. The summed E-state index contributed by atoms with van der Waals surface area (Å²) in [5.74, 6) is 0. The lowest BCUT2D eigenvalue weighted by atomic mass is 10.2. The standard InChI is InChI=1S/C10H6NOS/c12-7-13-10-6-5-8-3-1-2-4-9(8)11-10/h1-6H. The van der Waals surface area contributed by atoms with E-state index in [4.69, 9.17) is 0 Å². The molecule has 1 aromatic carbocycles. The van der Waals surface area contributed by atoms with Gasteiger partial charge in [0.05, 0.1) is 5.52 Å². The van der Waals surface area contributed by atoms with E-state index in [1.807, 2.05) is 36.4 Å². The van der Waals surface area contributed by atoms with Gasteiger partial charge in [-0.3, -0.25) is 4.79 Å². The monoisotopic (exact) mass is 188 g/mol. The Labute approximate surface area is 80.0 Å². The fraction of sp³-hybridized carbons (Fsp3) is 0. The van der Waals surface area contributed by atoms with E-state index >= 15 is 0 Å². The predicted molar refractivity (Wildman–Crippen MR) is 53.3 cm³/mol. The van der Waals surface area contributed by atoms with Gasteiger partial charge in [0.1, 0.15) is 5.03 Å². The Morgan fingerprint density at radius 1 is 1.15 bits per heavy atom. The number of nitrogens with zero attached hydrogens (tertiary/aromatic N) is 1. The molecule has 63 valence electrons. The van der Waals surface area contributed by atoms with Crippen molar-refractivity contribution in [3.63, 3.8) is 0 Å². The summed E-state index contributed by atoms with van der Waals surface area (Å²) in [6.45, 7) is 0. The van der Waals surface area contributed by atoms with E-state index in [0.717, 1.165) is 22.7 Å². The number of rotatable bonds is 2. The van der Waals surface area contributed by atoms with Gasteiger partial charge in [0.15, 0.2) is 0 Å². The maximum Gasteiger partial charge on any atom is 0.272 e. The van der Waals surface area contributed by atoms with Crippen molar-refractivity contribution in [3.8, 4) is 0 Å². The van der Waals surface area contributed by atoms with Crippen molar-refractivity contribution in [3.05, 3.63) is 36.4 Å². The van der Waals surface area contributed by atoms with Gasteiger partial charge in [-0.1, -0.05) is 24.3 Å². The normalized spacial score (nSPS) is 10.2. The van der Waals surface area contributed by atoms with Gasteiger partial charge in [-0.2, -0.15) is 0 Å². The molecule has 0 spiro atoms. The van der Waals surface area contributed by atoms with Crippen LogP contribution in [0.25, 0.3) is 10.9 Å². The van der Waals surface area contributed by atoms with E-state index in [1.54, 1.807) is 5.62 Å². The first kappa shape index (κ1) is 8.26. The van der Waals surface area contributed by atoms with E-state index in [1.165, 1.54) is 0 Å². The summed E-state index contributed by atoms with van der Waals surface area (Å²) in [7, 11) is 0. The topological polar surface area (TPSA) is 30.0 Å². The summed E-state index contributed by atoms with van der Waals surface area (Å²) in [5.41, 5.74) is 2.66. The Hall–Kier alpha value is -1.35. The SMILES string of the molecule is O=[C]Sc1ccc2ccccc2n1. The molecule has 2 aromatic rings. The second-order valence-electron chi connectivity index (χ2n) is 2.53. The zero-order valence-electron chi connectivity index (χ0n) is 6.73. The quantitative estimate of drug-likeness (QED) is 0.678. The molecule has 0 aliphatic carbocycles. The first-order valence-electron chi connectivity index (χ1n) is 3.80. The lowest BCUT2D eigenvalue weighted by Crippen LogP contribution is -1.81. The molecule has 3 heteroatoms. The maximum atomic E-state index is 10.1. The van der Waals surface area contributed by atoms with Gasteiger partial charge in [0, 0.05) is 5.39 Å². The van der Waals surface area contributed by atoms with Gasteiger partial charge in [-0.25, -0.2) is 4.98 Å². The van der Waals surface area contributed by atoms with Crippen molar-refractivity contribution in [2.45, 2.75) is 5.03 Å². The zero-order chi connectivity index (χ0) is 9.10. The smallest absolute Gasteiger partial charge is 0.272 e. The van der Waals surface area contributed by atoms with Crippen LogP contribution in [0.3, 0.4) is 0 Å². The van der Waals surface area contributed by atoms with E-state index in [2.05, 4.69) is 4.98 Å². The van der Waals surface area contributed by atoms with E-state index in [-0.39, 0.29) is 0 Å². The highest BCUT2D eigenvalue weighted by molar-refractivity contribution is 8.11. The minimum absolute atomic E-state index is 0.689. The number of hydrogen-bond acceptors (Lipinski definition) is 3. The van der Waals surface area contributed by atoms with Crippen LogP contribution in [0.2, 0.25) is 0 Å². The molecule has 0 atom stereocenters. The van der Waals surface area contributed by atoms with Gasteiger partial charge in [0.25, 0.3) is 5.62 Å². The summed E-state index contributed by atoms with van der Waals surface area (Å²) in [5, 5.41) is 1.77. The third-order valence-electron chi connectivity index (χ3n) is 1.72. The Morgan fingerprint density at radius 3 is 2.85 bits per heavy atom. The predicted octanol–water partition coefficient (Wildman–Crippen LogP) is 2.39. The molecular weight excluding hydrogens is 182 g/mol. The lowest BCUT2D eigenvalue weighted by molar-refractivity contribution is 0.570. The van der Waals surface area contributed by atoms with Crippen molar-refractivity contribution in [1.29, 1.82) is 0 Å². The van der Waals surface area contributed by atoms with Crippen LogP contribution < -0.4 is 0 Å². The molecule has 0 bridgehead atoms. The van der Waals surface area contributed by atoms with E-state index < -0.39 is 0 Å². The highest BCUT2D eigenvalue weighted by Crippen LogP contribution is 2.17. The van der Waals surface area contributed by atoms with Gasteiger partial charge < -0.3 is 0 Å². The summed E-state index contributed by atoms with van der Waals surface area (Å²) < 4.78 is 0. The molecule has 13 heavy (non-hydrogen) atoms. The highest BCUT2D eigenvalue weighted by Gasteiger charge is 1.97. The fourth-order valence-corrected chi connectivity index (χ4v) is 1.51. The van der Waals surface area contributed by atoms with Crippen molar-refractivity contribution in [2.24, 2.45) is 0 Å². The van der Waals surface area contributed by atoms with Gasteiger partial charge in [-0.15, -0.1) is 0 Å². The highest BCUT2D eigenvalue weighted by atomic mass is 32.2. The number of benzene rings is 1. The third kappa shape index (κ3) is 1.70. The average Bonchev–Trinajstić information content (AvgIpc) is 2.18. The first-order valence-corrected chi connectivity index (χ1v) is 4.61. The molecule has 1 heterocycles. The Balaban J connectivity index is 2.55. The van der Waals surface area contributed by atoms with E-state index in [9.17, 15) is 4.79 Å². The van der Waals surface area contributed by atoms with E-state index in [0.29, 0.717) is 5.03 Å². The number of pyridine rings is 1. The van der Waals surface area contributed by atoms with Crippen molar-refractivity contribution in [2.75, 3.05) is 0 Å². The minimum atomic E-state index is 0.689. The van der Waals surface area contributed by atoms with Gasteiger partial charge >= 0.3 is 0 Å². The summed E-state index contributed by atoms with van der Waals surface area (Å²) in [6.07, 6.45) is 0. The number of thioether (sulfide) groups is 1. The molecule has 0 aliphatic rings. The second-order valence-corrected chi connectivity index (χ2v) is 3.32. The molecule has 0 unspecified atom stereocenters. The molecule has 0 N–H and O–H groups in total. The first-order chi connectivity index (χ1) is 6.40. The zero-order valence-corrected chi connectivity index (χ0v) is 7.54. The number of hydrogen-bond donors (Lipinski definition) is 0. The number of para-hydroxylation sites is 1. The molecular formula is C10H6NOS. The Morgan fingerprint density at radius 2 is 2.00 bits per heavy atom. The molecule has 0 fully saturated rings. The van der Waals surface area contributed by atoms with Gasteiger partial charge in [-0.05, 0) is 23.9 Å². The summed E-state index contributed by atoms with van der Waals surface area (Å²) >= 11 is 0.973. The van der Waals surface area contributed by atoms with Crippen LogP contribution in [0.4, 0.5) is 0 Å². The number of carbonyl (C=O) groups excluding carboxylic acids is 1. The molecule has 1 radical (unpaired) electrons. The lowest BCUT2D eigenvalue weighted by Gasteiger charge is -1.97. The average molecular weight is 188 g/mol. The van der Waals surface area contributed by atoms with Crippen LogP contribution in [0.5, 0.6) is 0 Å². The summed E-state index contributed by atoms with van der Waals surface area (Å²) in [6, 6.07) is 11.6. The number of fused-ring (bicyclic) bond motifs is 1. The molecule has 0 saturated heterocycles. The largest absolute Gasteiger partial charge is 0.277 e. The van der Waals surface area contributed by atoms with Crippen LogP contribution in [0, 0.1) is 0 Å². The van der Waals surface area contributed by atoms with Crippen LogP contribution in [0.15, 0.2) is 41.4 Å². The molecule has 1 aromatic heterocycles. The molecule has 0 saturated carbocycles. The van der Waals surface area contributed by atoms with Crippen molar-refractivity contribution >= 4 is 28.3 Å². The van der Waals surface area contributed by atoms with Gasteiger partial charge in [0.2, 0.25) is 0 Å². The Kier molecular flexibility index (Phi) is 2.27. The maximum absolute atomic E-state index is 10.1. The molecule has 0 aliphatic heterocycles. The fourth-order valence-electron chi connectivity index (χ4n) is 1.15. The van der Waals surface area contributed by atoms with Crippen LogP contribution >= 0.6 is 11.8 Å². The third-order valence-corrected chi connectivity index (χ3v) is 2.24. The molecule has 2 rings (SSSR count). The molecule has 2 nitrogen and oxygen atoms in total. The van der Waals surface area contributed by atoms with Crippen LogP contribution in [0.1, 0.15) is 0 Å². The van der Waals surface area contributed by atoms with Crippen molar-refractivity contribution < 1.29 is 4.79 Å². The Bertz CT molecular complexity index is 442. The minimum Gasteiger partial charge on any atom is -0.277 e. The van der Waals surface area contributed by atoms with Crippen LogP contribution in [-0.2, 0) is 4.79 Å².